The Balaban J connectivity index is 1.68. The maximum Gasteiger partial charge on any atom is 0.259 e. The highest BCUT2D eigenvalue weighted by Crippen LogP contribution is 2.32. The molecule has 0 saturated carbocycles. The molecule has 0 fully saturated rings. The minimum Gasteiger partial charge on any atom is -0.362 e. The summed E-state index contributed by atoms with van der Waals surface area (Å²) in [5.74, 6) is 0.0448. The molecule has 0 spiro atoms. The van der Waals surface area contributed by atoms with Crippen LogP contribution in [0.1, 0.15) is 10.4 Å². The van der Waals surface area contributed by atoms with Crippen LogP contribution in [-0.2, 0) is 0 Å². The Hall–Kier alpha value is -4.00. The van der Waals surface area contributed by atoms with E-state index in [2.05, 4.69) is 20.6 Å². The zero-order chi connectivity index (χ0) is 21.1. The fourth-order valence-corrected chi connectivity index (χ4v) is 3.22. The summed E-state index contributed by atoms with van der Waals surface area (Å²) in [7, 11) is 3.68. The number of nitrogens with zero attached hydrogens (tertiary/aromatic N) is 3. The van der Waals surface area contributed by atoms with E-state index in [0.29, 0.717) is 17.1 Å². The van der Waals surface area contributed by atoms with E-state index in [1.165, 1.54) is 12.1 Å². The van der Waals surface area contributed by atoms with E-state index in [1.807, 2.05) is 32.3 Å². The van der Waals surface area contributed by atoms with E-state index in [1.54, 1.807) is 47.8 Å². The van der Waals surface area contributed by atoms with E-state index in [4.69, 9.17) is 0 Å². The van der Waals surface area contributed by atoms with E-state index in [-0.39, 0.29) is 11.7 Å². The minimum absolute atomic E-state index is 0.254. The highest BCUT2D eigenvalue weighted by molar-refractivity contribution is 6.13. The molecule has 2 heterocycles. The third-order valence-corrected chi connectivity index (χ3v) is 4.64. The van der Waals surface area contributed by atoms with E-state index < -0.39 is 0 Å². The van der Waals surface area contributed by atoms with E-state index in [9.17, 15) is 9.18 Å². The van der Waals surface area contributed by atoms with E-state index >= 15 is 0 Å². The first-order valence-electron chi connectivity index (χ1n) is 9.36. The summed E-state index contributed by atoms with van der Waals surface area (Å²) in [5.41, 5.74) is 2.71. The van der Waals surface area contributed by atoms with Gasteiger partial charge in [-0.2, -0.15) is 0 Å². The first kappa shape index (κ1) is 19.3. The number of benzene rings is 2. The Kier molecular flexibility index (Phi) is 5.26. The molecule has 0 aliphatic carbocycles. The molecule has 4 aromatic rings. The van der Waals surface area contributed by atoms with Gasteiger partial charge in [0.25, 0.3) is 5.91 Å². The van der Waals surface area contributed by atoms with Crippen LogP contribution >= 0.6 is 0 Å². The van der Waals surface area contributed by atoms with Crippen molar-refractivity contribution in [2.75, 3.05) is 29.6 Å². The largest absolute Gasteiger partial charge is 0.362 e. The number of hydrogen-bond donors (Lipinski definition) is 2. The van der Waals surface area contributed by atoms with Gasteiger partial charge in [-0.1, -0.05) is 0 Å². The van der Waals surface area contributed by atoms with Crippen molar-refractivity contribution in [3.05, 3.63) is 84.6 Å². The lowest BCUT2D eigenvalue weighted by Crippen LogP contribution is -2.19. The summed E-state index contributed by atoms with van der Waals surface area (Å²) >= 11 is 0. The van der Waals surface area contributed by atoms with Crippen LogP contribution in [-0.4, -0.2) is 30.0 Å². The lowest BCUT2D eigenvalue weighted by atomic mass is 10.1. The molecule has 0 unspecified atom stereocenters. The normalized spacial score (nSPS) is 10.6. The fraction of sp³-hybridized carbons (Fsp3) is 0.0870. The molecule has 1 amide bonds. The highest BCUT2D eigenvalue weighted by Gasteiger charge is 2.16. The van der Waals surface area contributed by atoms with Crippen LogP contribution < -0.4 is 15.5 Å². The molecule has 4 rings (SSSR count). The standard InChI is InChI=1S/C23H20FN5O/c1-29(2)22-18(4-3-12-26-22)23(30)28-21-10-9-20(17-11-13-25-14-19(17)21)27-16-7-5-15(24)6-8-16/h3-14,27H,1-2H3,(H,28,30). The topological polar surface area (TPSA) is 70.2 Å². The molecule has 0 radical (unpaired) electrons. The van der Waals surface area contributed by atoms with Gasteiger partial charge in [-0.3, -0.25) is 9.78 Å². The maximum atomic E-state index is 13.2. The number of fused-ring (bicyclic) bond motifs is 1. The third-order valence-electron chi connectivity index (χ3n) is 4.64. The molecule has 0 aliphatic rings. The molecule has 0 bridgehead atoms. The van der Waals surface area contributed by atoms with Gasteiger partial charge in [0.05, 0.1) is 11.3 Å². The predicted molar refractivity (Wildman–Crippen MR) is 118 cm³/mol. The van der Waals surface area contributed by atoms with Gasteiger partial charge in [0.1, 0.15) is 11.6 Å². The van der Waals surface area contributed by atoms with Gasteiger partial charge in [0.15, 0.2) is 0 Å². The molecule has 2 aromatic heterocycles. The van der Waals surface area contributed by atoms with Crippen LogP contribution in [0.3, 0.4) is 0 Å². The third kappa shape index (κ3) is 3.91. The number of nitrogens with one attached hydrogen (secondary N) is 2. The Morgan fingerprint density at radius 1 is 0.933 bits per heavy atom. The number of hydrogen-bond acceptors (Lipinski definition) is 5. The molecular formula is C23H20FN5O. The van der Waals surface area contributed by atoms with Gasteiger partial charge in [-0.25, -0.2) is 9.37 Å². The Bertz CT molecular complexity index is 1210. The van der Waals surface area contributed by atoms with E-state index in [0.717, 1.165) is 22.1 Å². The summed E-state index contributed by atoms with van der Waals surface area (Å²) in [6.45, 7) is 0. The van der Waals surface area contributed by atoms with Gasteiger partial charge < -0.3 is 15.5 Å². The summed E-state index contributed by atoms with van der Waals surface area (Å²) < 4.78 is 13.2. The van der Waals surface area contributed by atoms with Crippen molar-refractivity contribution in [1.82, 2.24) is 9.97 Å². The number of aromatic nitrogens is 2. The van der Waals surface area contributed by atoms with Crippen LogP contribution in [0, 0.1) is 5.82 Å². The quantitative estimate of drug-likeness (QED) is 0.501. The average Bonchev–Trinajstić information content (AvgIpc) is 2.77. The van der Waals surface area contributed by atoms with Crippen LogP contribution in [0.25, 0.3) is 10.8 Å². The Morgan fingerprint density at radius 3 is 2.47 bits per heavy atom. The van der Waals surface area contributed by atoms with Gasteiger partial charge in [-0.15, -0.1) is 0 Å². The van der Waals surface area contributed by atoms with Gasteiger partial charge in [-0.05, 0) is 54.6 Å². The molecule has 2 N–H and O–H groups in total. The number of pyridine rings is 2. The molecule has 6 nitrogen and oxygen atoms in total. The monoisotopic (exact) mass is 401 g/mol. The van der Waals surface area contributed by atoms with Crippen molar-refractivity contribution in [1.29, 1.82) is 0 Å². The zero-order valence-electron chi connectivity index (χ0n) is 16.6. The second-order valence-electron chi connectivity index (χ2n) is 6.94. The van der Waals surface area contributed by atoms with Crippen LogP contribution in [0.4, 0.5) is 27.3 Å². The molecule has 7 heteroatoms. The van der Waals surface area contributed by atoms with Gasteiger partial charge >= 0.3 is 0 Å². The molecule has 2 aromatic carbocycles. The molecular weight excluding hydrogens is 381 g/mol. The number of carbonyl (C=O) groups excluding carboxylic acids is 1. The lowest BCUT2D eigenvalue weighted by Gasteiger charge is -2.17. The van der Waals surface area contributed by atoms with Crippen molar-refractivity contribution in [2.24, 2.45) is 0 Å². The van der Waals surface area contributed by atoms with Crippen LogP contribution in [0.15, 0.2) is 73.2 Å². The van der Waals surface area contributed by atoms with Crippen LogP contribution in [0.2, 0.25) is 0 Å². The number of halogens is 1. The first-order valence-corrected chi connectivity index (χ1v) is 9.36. The van der Waals surface area contributed by atoms with Gasteiger partial charge in [0.2, 0.25) is 0 Å². The van der Waals surface area contributed by atoms with Crippen molar-refractivity contribution in [2.45, 2.75) is 0 Å². The predicted octanol–water partition coefficient (Wildman–Crippen LogP) is 4.83. The molecule has 150 valence electrons. The number of anilines is 4. The molecule has 30 heavy (non-hydrogen) atoms. The summed E-state index contributed by atoms with van der Waals surface area (Å²) in [6, 6.07) is 15.2. The summed E-state index contributed by atoms with van der Waals surface area (Å²) in [5, 5.41) is 7.92. The zero-order valence-corrected chi connectivity index (χ0v) is 16.6. The van der Waals surface area contributed by atoms with Crippen molar-refractivity contribution in [3.8, 4) is 0 Å². The van der Waals surface area contributed by atoms with Crippen molar-refractivity contribution in [3.63, 3.8) is 0 Å². The maximum absolute atomic E-state index is 13.2. The lowest BCUT2D eigenvalue weighted by molar-refractivity contribution is 0.102. The summed E-state index contributed by atoms with van der Waals surface area (Å²) in [4.78, 5) is 23.2. The molecule has 0 aliphatic heterocycles. The van der Waals surface area contributed by atoms with Gasteiger partial charge in [0, 0.05) is 54.8 Å². The minimum atomic E-state index is -0.292. The SMILES string of the molecule is CN(C)c1ncccc1C(=O)Nc1ccc(Nc2ccc(F)cc2)c2ccncc12. The van der Waals surface area contributed by atoms with Crippen molar-refractivity contribution < 1.29 is 9.18 Å². The Morgan fingerprint density at radius 2 is 1.70 bits per heavy atom. The average molecular weight is 401 g/mol. The second-order valence-corrected chi connectivity index (χ2v) is 6.94. The fourth-order valence-electron chi connectivity index (χ4n) is 3.22. The number of rotatable bonds is 5. The smallest absolute Gasteiger partial charge is 0.259 e. The first-order chi connectivity index (χ1) is 14.5. The summed E-state index contributed by atoms with van der Waals surface area (Å²) in [6.07, 6.45) is 5.05. The highest BCUT2D eigenvalue weighted by atomic mass is 19.1. The second kappa shape index (κ2) is 8.16. The Labute approximate surface area is 173 Å². The number of carbonyl (C=O) groups is 1. The van der Waals surface area contributed by atoms with Crippen LogP contribution in [0.5, 0.6) is 0 Å². The number of amides is 1. The van der Waals surface area contributed by atoms with Crippen molar-refractivity contribution >= 4 is 39.6 Å². The molecule has 0 saturated heterocycles. The molecule has 0 atom stereocenters.